The number of furan rings is 1. The summed E-state index contributed by atoms with van der Waals surface area (Å²) in [6.07, 6.45) is -0.564. The Labute approximate surface area is 99.2 Å². The smallest absolute Gasteiger partial charge is 0.287 e. The first-order valence-corrected chi connectivity index (χ1v) is 5.53. The maximum absolute atomic E-state index is 11.7. The molecule has 0 spiro atoms. The first-order valence-electron chi connectivity index (χ1n) is 5.53. The summed E-state index contributed by atoms with van der Waals surface area (Å²) in [5, 5.41) is 12.6. The van der Waals surface area contributed by atoms with Crippen LogP contribution in [0.15, 0.2) is 28.7 Å². The van der Waals surface area contributed by atoms with Gasteiger partial charge in [0.15, 0.2) is 5.76 Å². The minimum absolute atomic E-state index is 0.217. The summed E-state index contributed by atoms with van der Waals surface area (Å²) < 4.78 is 5.42. The molecule has 0 aliphatic heterocycles. The van der Waals surface area contributed by atoms with Gasteiger partial charge in [0.05, 0.1) is 6.10 Å². The number of fused-ring (bicyclic) bond motifs is 1. The molecular formula is C13H15NO3. The lowest BCUT2D eigenvalue weighted by atomic mass is 10.2. The summed E-state index contributed by atoms with van der Waals surface area (Å²) in [5.41, 5.74) is 1.81. The standard InChI is InChI=1S/C13H15NO3/c1-8-3-4-11-10(5-8)6-12(17-11)13(16)14-7-9(2)15/h3-6,9,15H,7H2,1-2H3,(H,14,16)/t9-/m1/s1. The molecule has 4 nitrogen and oxygen atoms in total. The molecule has 0 fully saturated rings. The summed E-state index contributed by atoms with van der Waals surface area (Å²) in [7, 11) is 0. The van der Waals surface area contributed by atoms with E-state index in [1.165, 1.54) is 0 Å². The van der Waals surface area contributed by atoms with E-state index in [-0.39, 0.29) is 18.2 Å². The molecule has 1 amide bonds. The van der Waals surface area contributed by atoms with Crippen LogP contribution < -0.4 is 5.32 Å². The Morgan fingerprint density at radius 3 is 2.94 bits per heavy atom. The van der Waals surface area contributed by atoms with E-state index in [2.05, 4.69) is 5.32 Å². The van der Waals surface area contributed by atoms with Crippen molar-refractivity contribution in [3.05, 3.63) is 35.6 Å². The second-order valence-electron chi connectivity index (χ2n) is 4.21. The Hall–Kier alpha value is -1.81. The summed E-state index contributed by atoms with van der Waals surface area (Å²) >= 11 is 0. The number of nitrogens with one attached hydrogen (secondary N) is 1. The predicted octanol–water partition coefficient (Wildman–Crippen LogP) is 1.85. The lowest BCUT2D eigenvalue weighted by Gasteiger charge is -2.04. The van der Waals surface area contributed by atoms with Crippen LogP contribution in [0, 0.1) is 6.92 Å². The van der Waals surface area contributed by atoms with Crippen LogP contribution in [0.4, 0.5) is 0 Å². The third-order valence-electron chi connectivity index (χ3n) is 2.45. The van der Waals surface area contributed by atoms with Gasteiger partial charge >= 0.3 is 0 Å². The highest BCUT2D eigenvalue weighted by Gasteiger charge is 2.12. The van der Waals surface area contributed by atoms with Gasteiger partial charge in [-0.2, -0.15) is 0 Å². The van der Waals surface area contributed by atoms with Crippen LogP contribution in [-0.2, 0) is 0 Å². The van der Waals surface area contributed by atoms with E-state index in [9.17, 15) is 4.79 Å². The molecule has 2 N–H and O–H groups in total. The maximum Gasteiger partial charge on any atom is 0.287 e. The number of hydrogen-bond donors (Lipinski definition) is 2. The van der Waals surface area contributed by atoms with Gasteiger partial charge in [-0.3, -0.25) is 4.79 Å². The molecule has 0 unspecified atom stereocenters. The Morgan fingerprint density at radius 2 is 2.24 bits per heavy atom. The topological polar surface area (TPSA) is 62.5 Å². The fourth-order valence-corrected chi connectivity index (χ4v) is 1.60. The third-order valence-corrected chi connectivity index (χ3v) is 2.45. The molecule has 2 rings (SSSR count). The second kappa shape index (κ2) is 4.59. The molecule has 2 aromatic rings. The SMILES string of the molecule is Cc1ccc2oc(C(=O)NC[C@@H](C)O)cc2c1. The van der Waals surface area contributed by atoms with Crippen molar-refractivity contribution in [3.63, 3.8) is 0 Å². The van der Waals surface area contributed by atoms with Crippen LogP contribution in [0.5, 0.6) is 0 Å². The fraction of sp³-hybridized carbons (Fsp3) is 0.308. The molecule has 0 aliphatic rings. The second-order valence-corrected chi connectivity index (χ2v) is 4.21. The Bertz CT molecular complexity index is 543. The van der Waals surface area contributed by atoms with E-state index in [0.717, 1.165) is 10.9 Å². The van der Waals surface area contributed by atoms with Crippen molar-refractivity contribution in [2.75, 3.05) is 6.54 Å². The summed E-state index contributed by atoms with van der Waals surface area (Å²) in [6.45, 7) is 3.82. The van der Waals surface area contributed by atoms with Crippen LogP contribution in [0.2, 0.25) is 0 Å². The molecule has 90 valence electrons. The zero-order chi connectivity index (χ0) is 12.4. The number of rotatable bonds is 3. The first-order chi connectivity index (χ1) is 8.06. The largest absolute Gasteiger partial charge is 0.451 e. The van der Waals surface area contributed by atoms with E-state index in [4.69, 9.17) is 9.52 Å². The molecule has 17 heavy (non-hydrogen) atoms. The molecule has 1 aromatic carbocycles. The van der Waals surface area contributed by atoms with Gasteiger partial charge in [0.2, 0.25) is 0 Å². The number of amides is 1. The number of hydrogen-bond acceptors (Lipinski definition) is 3. The maximum atomic E-state index is 11.7. The van der Waals surface area contributed by atoms with Crippen molar-refractivity contribution < 1.29 is 14.3 Å². The van der Waals surface area contributed by atoms with E-state index in [0.29, 0.717) is 5.58 Å². The third kappa shape index (κ3) is 2.65. The van der Waals surface area contributed by atoms with Crippen molar-refractivity contribution in [2.45, 2.75) is 20.0 Å². The first kappa shape index (κ1) is 11.7. The average molecular weight is 233 g/mol. The fourth-order valence-electron chi connectivity index (χ4n) is 1.60. The van der Waals surface area contributed by atoms with Gasteiger partial charge in [-0.1, -0.05) is 11.6 Å². The van der Waals surface area contributed by atoms with Crippen LogP contribution in [-0.4, -0.2) is 23.7 Å². The van der Waals surface area contributed by atoms with Gasteiger partial charge in [-0.25, -0.2) is 0 Å². The highest BCUT2D eigenvalue weighted by atomic mass is 16.3. The van der Waals surface area contributed by atoms with E-state index < -0.39 is 6.10 Å². The van der Waals surface area contributed by atoms with Crippen LogP contribution in [0.25, 0.3) is 11.0 Å². The summed E-state index contributed by atoms with van der Waals surface area (Å²) in [6, 6.07) is 7.45. The minimum Gasteiger partial charge on any atom is -0.451 e. The quantitative estimate of drug-likeness (QED) is 0.850. The normalized spacial score (nSPS) is 12.6. The monoisotopic (exact) mass is 233 g/mol. The molecule has 4 heteroatoms. The number of carbonyl (C=O) groups is 1. The average Bonchev–Trinajstić information content (AvgIpc) is 2.68. The van der Waals surface area contributed by atoms with Gasteiger partial charge in [-0.15, -0.1) is 0 Å². The Kier molecular flexibility index (Phi) is 3.15. The van der Waals surface area contributed by atoms with E-state index in [1.54, 1.807) is 13.0 Å². The molecule has 0 saturated heterocycles. The Balaban J connectivity index is 2.21. The minimum atomic E-state index is -0.564. The molecule has 0 saturated carbocycles. The highest BCUT2D eigenvalue weighted by molar-refractivity contribution is 5.96. The number of aliphatic hydroxyl groups is 1. The Morgan fingerprint density at radius 1 is 1.47 bits per heavy atom. The van der Waals surface area contributed by atoms with E-state index in [1.807, 2.05) is 25.1 Å². The van der Waals surface area contributed by atoms with Gasteiger partial charge < -0.3 is 14.8 Å². The van der Waals surface area contributed by atoms with Crippen molar-refractivity contribution in [1.82, 2.24) is 5.32 Å². The van der Waals surface area contributed by atoms with Crippen molar-refractivity contribution in [3.8, 4) is 0 Å². The zero-order valence-corrected chi connectivity index (χ0v) is 9.86. The van der Waals surface area contributed by atoms with Gasteiger partial charge in [0.1, 0.15) is 5.58 Å². The molecular weight excluding hydrogens is 218 g/mol. The summed E-state index contributed by atoms with van der Waals surface area (Å²) in [5.74, 6) is -0.0361. The van der Waals surface area contributed by atoms with Gasteiger partial charge in [-0.05, 0) is 32.0 Å². The number of aryl methyl sites for hydroxylation is 1. The molecule has 0 aliphatic carbocycles. The van der Waals surface area contributed by atoms with Crippen LogP contribution >= 0.6 is 0 Å². The molecule has 1 aromatic heterocycles. The van der Waals surface area contributed by atoms with Gasteiger partial charge in [0.25, 0.3) is 5.91 Å². The molecule has 0 bridgehead atoms. The van der Waals surface area contributed by atoms with Crippen molar-refractivity contribution >= 4 is 16.9 Å². The molecule has 1 atom stereocenters. The molecule has 0 radical (unpaired) electrons. The van der Waals surface area contributed by atoms with Crippen molar-refractivity contribution in [2.24, 2.45) is 0 Å². The highest BCUT2D eigenvalue weighted by Crippen LogP contribution is 2.20. The van der Waals surface area contributed by atoms with Crippen molar-refractivity contribution in [1.29, 1.82) is 0 Å². The predicted molar refractivity (Wildman–Crippen MR) is 65.0 cm³/mol. The number of carbonyl (C=O) groups excluding carboxylic acids is 1. The van der Waals surface area contributed by atoms with E-state index >= 15 is 0 Å². The van der Waals surface area contributed by atoms with Gasteiger partial charge in [0, 0.05) is 11.9 Å². The van der Waals surface area contributed by atoms with Crippen LogP contribution in [0.1, 0.15) is 23.0 Å². The zero-order valence-electron chi connectivity index (χ0n) is 9.86. The lowest BCUT2D eigenvalue weighted by Crippen LogP contribution is -2.30. The number of benzene rings is 1. The summed E-state index contributed by atoms with van der Waals surface area (Å²) in [4.78, 5) is 11.7. The molecule has 1 heterocycles. The van der Waals surface area contributed by atoms with Crippen LogP contribution in [0.3, 0.4) is 0 Å². The number of aliphatic hydroxyl groups excluding tert-OH is 1. The lowest BCUT2D eigenvalue weighted by molar-refractivity contribution is 0.0899.